The zero-order chi connectivity index (χ0) is 52.9. The van der Waals surface area contributed by atoms with Crippen molar-refractivity contribution in [2.75, 3.05) is 13.7 Å². The minimum Gasteiger partial charge on any atom is -0.456 e. The van der Waals surface area contributed by atoms with E-state index in [1.165, 1.54) is 24.1 Å². The van der Waals surface area contributed by atoms with E-state index in [2.05, 4.69) is 16.0 Å². The number of alkyl carbamates (subject to hydrolysis) is 3. The summed E-state index contributed by atoms with van der Waals surface area (Å²) in [6.45, 7) is 1.49. The van der Waals surface area contributed by atoms with Gasteiger partial charge < -0.3 is 73.2 Å². The Morgan fingerprint density at radius 1 is 0.658 bits per heavy atom. The molecule has 4 amide bonds. The number of aliphatic hydroxyl groups is 1. The lowest BCUT2D eigenvalue weighted by Gasteiger charge is -2.51. The Kier molecular flexibility index (Phi) is 16.0. The first-order chi connectivity index (χ1) is 36.8. The molecular formula is C54H58N4O18. The van der Waals surface area contributed by atoms with Gasteiger partial charge in [-0.3, -0.25) is 4.90 Å². The highest BCUT2D eigenvalue weighted by Gasteiger charge is 2.61. The van der Waals surface area contributed by atoms with Crippen LogP contribution in [0, 0.1) is 5.92 Å². The predicted octanol–water partition coefficient (Wildman–Crippen LogP) is 4.71. The highest BCUT2D eigenvalue weighted by Crippen LogP contribution is 2.43. The third-order valence-corrected chi connectivity index (χ3v) is 14.3. The van der Waals surface area contributed by atoms with E-state index >= 15 is 0 Å². The van der Waals surface area contributed by atoms with E-state index in [4.69, 9.17) is 52.1 Å². The van der Waals surface area contributed by atoms with E-state index in [0.29, 0.717) is 16.7 Å². The van der Waals surface area contributed by atoms with Gasteiger partial charge in [0.05, 0.1) is 35.4 Å². The van der Waals surface area contributed by atoms with Crippen molar-refractivity contribution in [2.45, 2.75) is 131 Å². The second-order valence-electron chi connectivity index (χ2n) is 19.4. The van der Waals surface area contributed by atoms with Gasteiger partial charge in [-0.05, 0) is 48.2 Å². The lowest BCUT2D eigenvalue weighted by Crippen LogP contribution is -2.68. The largest absolute Gasteiger partial charge is 0.456 e. The number of ether oxygens (including phenoxy) is 11. The summed E-state index contributed by atoms with van der Waals surface area (Å²) in [5, 5.41) is 20.7. The Hall–Kier alpha value is -7.34. The van der Waals surface area contributed by atoms with Crippen LogP contribution >= 0.6 is 0 Å². The van der Waals surface area contributed by atoms with Crippen molar-refractivity contribution in [3.05, 3.63) is 144 Å². The predicted molar refractivity (Wildman–Crippen MR) is 259 cm³/mol. The third kappa shape index (κ3) is 11.9. The SMILES string of the molecule is CC1C[C@@H]2OC(O[C@@H]3C[C@@H](OC(=O)c4ccccc4)[C@@H]4NC(=O)OCC4O3)C3C(OC(=O)N3C)C2O[C@@H]1O[C@@H]1C(NC(=O)OCc2ccccc2)C[C@@H](NC(=O)OCc2ccccc2)C(OC(=O)c2ccccc2)[C@H]1O. The van der Waals surface area contributed by atoms with Crippen molar-refractivity contribution < 1.29 is 86.0 Å². The number of hydrogen-bond acceptors (Lipinski definition) is 18. The molecule has 10 rings (SSSR count). The Balaban J connectivity index is 0.876. The van der Waals surface area contributed by atoms with Crippen molar-refractivity contribution in [1.82, 2.24) is 20.9 Å². The molecule has 0 bridgehead atoms. The van der Waals surface area contributed by atoms with Crippen LogP contribution in [0.25, 0.3) is 0 Å². The Morgan fingerprint density at radius 3 is 1.83 bits per heavy atom. The number of fused-ring (bicyclic) bond motifs is 4. The number of nitrogens with one attached hydrogen (secondary N) is 3. The molecule has 5 aliphatic heterocycles. The van der Waals surface area contributed by atoms with Gasteiger partial charge >= 0.3 is 36.3 Å². The van der Waals surface area contributed by atoms with Crippen LogP contribution in [0.1, 0.15) is 58.0 Å². The van der Waals surface area contributed by atoms with E-state index in [9.17, 15) is 33.9 Å². The quantitative estimate of drug-likeness (QED) is 0.0984. The van der Waals surface area contributed by atoms with Crippen LogP contribution < -0.4 is 16.0 Å². The second kappa shape index (κ2) is 23.3. The first-order valence-electron chi connectivity index (χ1n) is 25.1. The molecule has 22 nitrogen and oxygen atoms in total. The molecule has 5 saturated heterocycles. The zero-order valence-electron chi connectivity index (χ0n) is 41.4. The molecule has 1 aliphatic carbocycles. The van der Waals surface area contributed by atoms with Crippen molar-refractivity contribution in [3.8, 4) is 0 Å². The van der Waals surface area contributed by atoms with Crippen LogP contribution in [0.3, 0.4) is 0 Å². The van der Waals surface area contributed by atoms with Crippen LogP contribution in [0.4, 0.5) is 19.2 Å². The van der Waals surface area contributed by atoms with Gasteiger partial charge in [0.2, 0.25) is 0 Å². The summed E-state index contributed by atoms with van der Waals surface area (Å²) in [5.74, 6) is -1.94. The number of rotatable bonds is 14. The van der Waals surface area contributed by atoms with E-state index < -0.39 is 134 Å². The summed E-state index contributed by atoms with van der Waals surface area (Å²) in [6.07, 6.45) is -15.5. The molecule has 402 valence electrons. The van der Waals surface area contributed by atoms with Crippen LogP contribution in [-0.4, -0.2) is 152 Å². The van der Waals surface area contributed by atoms with Crippen molar-refractivity contribution in [3.63, 3.8) is 0 Å². The van der Waals surface area contributed by atoms with Crippen LogP contribution in [0.15, 0.2) is 121 Å². The van der Waals surface area contributed by atoms with Gasteiger partial charge in [-0.1, -0.05) is 104 Å². The number of likely N-dealkylation sites (N-methyl/N-ethyl adjacent to an activating group) is 1. The molecule has 16 atom stereocenters. The van der Waals surface area contributed by atoms with Gasteiger partial charge in [0.25, 0.3) is 0 Å². The smallest absolute Gasteiger partial charge is 0.410 e. The summed E-state index contributed by atoms with van der Waals surface area (Å²) in [6, 6.07) is 30.5. The number of amides is 4. The number of cyclic esters (lactones) is 1. The number of carbonyl (C=O) groups excluding carboxylic acids is 6. The normalized spacial score (nSPS) is 32.5. The summed E-state index contributed by atoms with van der Waals surface area (Å²) < 4.78 is 67.1. The Bertz CT molecular complexity index is 2680. The first-order valence-corrected chi connectivity index (χ1v) is 25.1. The molecule has 0 radical (unpaired) electrons. The van der Waals surface area contributed by atoms with Crippen molar-refractivity contribution in [2.24, 2.45) is 5.92 Å². The van der Waals surface area contributed by atoms with Gasteiger partial charge in [-0.25, -0.2) is 28.8 Å². The molecule has 8 unspecified atom stereocenters. The van der Waals surface area contributed by atoms with Crippen LogP contribution in [-0.2, 0) is 65.3 Å². The number of aliphatic hydroxyl groups excluding tert-OH is 1. The van der Waals surface area contributed by atoms with E-state index in [-0.39, 0.29) is 44.6 Å². The molecule has 0 aromatic heterocycles. The number of hydrogen-bond donors (Lipinski definition) is 4. The molecule has 5 heterocycles. The fourth-order valence-corrected chi connectivity index (χ4v) is 10.4. The average molecular weight is 1050 g/mol. The van der Waals surface area contributed by atoms with Crippen molar-refractivity contribution >= 4 is 36.3 Å². The standard InChI is InChI=1S/C54H58N4O18/c1-29-23-37-45(46-41(58(2)54(65)76-46)50(71-37)72-39-25-36(40-38(69-39)28-68-53(64)57-40)70-47(60)32-19-11-5-12-20-32)75-49(29)74-44-35(56-52(63)67-27-31-17-9-4-10-18-31)24-34(55-51(62)66-26-30-15-7-3-8-16-30)43(42(44)59)73-48(61)33-21-13-6-14-22-33/h3-22,29,34-46,49-50,59H,23-28H2,1-2H3,(H,55,62)(H,56,63)(H,57,64)/t29?,34-,35?,36-,37+,38?,39-,40+,41?,42-,43?,44-,45?,46?,49+,50?/m1/s1. The Morgan fingerprint density at radius 2 is 1.22 bits per heavy atom. The van der Waals surface area contributed by atoms with Crippen LogP contribution in [0.2, 0.25) is 0 Å². The maximum Gasteiger partial charge on any atom is 0.410 e. The number of nitrogens with zero attached hydrogens (tertiary/aromatic N) is 1. The summed E-state index contributed by atoms with van der Waals surface area (Å²) in [5.41, 5.74) is 1.90. The van der Waals surface area contributed by atoms with Gasteiger partial charge in [-0.2, -0.15) is 0 Å². The molecule has 4 aromatic carbocycles. The topological polar surface area (TPSA) is 264 Å². The second-order valence-corrected chi connectivity index (χ2v) is 19.4. The molecule has 76 heavy (non-hydrogen) atoms. The van der Waals surface area contributed by atoms with Crippen molar-refractivity contribution in [1.29, 1.82) is 0 Å². The minimum atomic E-state index is -1.73. The van der Waals surface area contributed by atoms with Gasteiger partial charge in [0.1, 0.15) is 56.4 Å². The maximum atomic E-state index is 13.7. The lowest BCUT2D eigenvalue weighted by atomic mass is 9.83. The molecule has 4 N–H and O–H groups in total. The zero-order valence-corrected chi connectivity index (χ0v) is 41.4. The van der Waals surface area contributed by atoms with Gasteiger partial charge in [0, 0.05) is 19.4 Å². The molecule has 6 aliphatic rings. The molecule has 1 saturated carbocycles. The lowest BCUT2D eigenvalue weighted by molar-refractivity contribution is -0.365. The van der Waals surface area contributed by atoms with E-state index in [1.807, 2.05) is 19.1 Å². The first kappa shape index (κ1) is 52.1. The molecule has 22 heteroatoms. The molecule has 4 aromatic rings. The minimum absolute atomic E-state index is 0.0294. The number of esters is 2. The highest BCUT2D eigenvalue weighted by molar-refractivity contribution is 5.90. The fraction of sp³-hybridized carbons (Fsp3) is 0.444. The Labute approximate surface area is 436 Å². The molecule has 6 fully saturated rings. The van der Waals surface area contributed by atoms with Gasteiger partial charge in [0.15, 0.2) is 31.1 Å². The number of carbonyl (C=O) groups is 6. The number of benzene rings is 4. The molecular weight excluding hydrogens is 993 g/mol. The summed E-state index contributed by atoms with van der Waals surface area (Å²) in [4.78, 5) is 81.2. The monoisotopic (exact) mass is 1050 g/mol. The van der Waals surface area contributed by atoms with E-state index in [0.717, 1.165) is 0 Å². The van der Waals surface area contributed by atoms with E-state index in [1.54, 1.807) is 97.1 Å². The maximum absolute atomic E-state index is 13.7. The fourth-order valence-electron chi connectivity index (χ4n) is 10.4. The summed E-state index contributed by atoms with van der Waals surface area (Å²) >= 11 is 0. The van der Waals surface area contributed by atoms with Gasteiger partial charge in [-0.15, -0.1) is 0 Å². The third-order valence-electron chi connectivity index (χ3n) is 14.3. The molecule has 0 spiro atoms. The average Bonchev–Trinajstić information content (AvgIpc) is 3.76. The highest BCUT2D eigenvalue weighted by atomic mass is 16.8. The summed E-state index contributed by atoms with van der Waals surface area (Å²) in [7, 11) is 1.52. The van der Waals surface area contributed by atoms with Crippen LogP contribution in [0.5, 0.6) is 0 Å².